The van der Waals surface area contributed by atoms with Crippen LogP contribution in [0.4, 0.5) is 5.82 Å². The highest BCUT2D eigenvalue weighted by atomic mass is 16.3. The van der Waals surface area contributed by atoms with Gasteiger partial charge in [0.2, 0.25) is 0 Å². The highest BCUT2D eigenvalue weighted by Gasteiger charge is 2.06. The van der Waals surface area contributed by atoms with Crippen LogP contribution in [0.1, 0.15) is 5.89 Å². The summed E-state index contributed by atoms with van der Waals surface area (Å²) in [5.41, 5.74) is 0.652. The van der Waals surface area contributed by atoms with Gasteiger partial charge in [-0.1, -0.05) is 0 Å². The standard InChI is InChI=1S/C9H10N4O/c1-6-12-7(5-14-6)9-11-4-3-8(10-2)13-9/h3-5H,1-2H3,(H,10,11,13). The van der Waals surface area contributed by atoms with E-state index < -0.39 is 0 Å². The van der Waals surface area contributed by atoms with E-state index in [4.69, 9.17) is 4.42 Å². The summed E-state index contributed by atoms with van der Waals surface area (Å²) in [6.07, 6.45) is 3.22. The Morgan fingerprint density at radius 3 is 2.86 bits per heavy atom. The first-order valence-corrected chi connectivity index (χ1v) is 4.23. The number of oxazole rings is 1. The highest BCUT2D eigenvalue weighted by molar-refractivity contribution is 5.50. The Hall–Kier alpha value is -1.91. The summed E-state index contributed by atoms with van der Waals surface area (Å²) in [6, 6.07) is 1.79. The zero-order valence-corrected chi connectivity index (χ0v) is 7.98. The molecular weight excluding hydrogens is 180 g/mol. The Bertz CT molecular complexity index is 438. The van der Waals surface area contributed by atoms with Gasteiger partial charge in [-0.25, -0.2) is 15.0 Å². The minimum Gasteiger partial charge on any atom is -0.449 e. The summed E-state index contributed by atoms with van der Waals surface area (Å²) in [5.74, 6) is 1.93. The van der Waals surface area contributed by atoms with Gasteiger partial charge in [0, 0.05) is 20.2 Å². The van der Waals surface area contributed by atoms with E-state index in [1.807, 2.05) is 0 Å². The maximum absolute atomic E-state index is 5.08. The molecule has 14 heavy (non-hydrogen) atoms. The van der Waals surface area contributed by atoms with E-state index in [0.717, 1.165) is 5.82 Å². The number of nitrogens with zero attached hydrogens (tertiary/aromatic N) is 3. The molecule has 0 saturated carbocycles. The summed E-state index contributed by atoms with van der Waals surface area (Å²) < 4.78 is 5.08. The van der Waals surface area contributed by atoms with Gasteiger partial charge in [0.05, 0.1) is 0 Å². The molecule has 0 aliphatic heterocycles. The molecule has 0 unspecified atom stereocenters. The van der Waals surface area contributed by atoms with Crippen LogP contribution in [0.25, 0.3) is 11.5 Å². The van der Waals surface area contributed by atoms with E-state index in [1.165, 1.54) is 0 Å². The van der Waals surface area contributed by atoms with E-state index in [1.54, 1.807) is 32.5 Å². The third-order valence-corrected chi connectivity index (χ3v) is 1.76. The van der Waals surface area contributed by atoms with Gasteiger partial charge in [-0.05, 0) is 6.07 Å². The van der Waals surface area contributed by atoms with Gasteiger partial charge in [-0.3, -0.25) is 0 Å². The molecule has 0 amide bonds. The molecule has 5 heteroatoms. The zero-order chi connectivity index (χ0) is 9.97. The van der Waals surface area contributed by atoms with Crippen molar-refractivity contribution in [1.29, 1.82) is 0 Å². The van der Waals surface area contributed by atoms with Crippen molar-refractivity contribution in [3.63, 3.8) is 0 Å². The first-order valence-electron chi connectivity index (χ1n) is 4.23. The third-order valence-electron chi connectivity index (χ3n) is 1.76. The molecule has 5 nitrogen and oxygen atoms in total. The van der Waals surface area contributed by atoms with E-state index in [-0.39, 0.29) is 0 Å². The fourth-order valence-electron chi connectivity index (χ4n) is 1.09. The van der Waals surface area contributed by atoms with Crippen LogP contribution in [-0.2, 0) is 0 Å². The minimum absolute atomic E-state index is 0.564. The second kappa shape index (κ2) is 3.45. The maximum atomic E-state index is 5.08. The van der Waals surface area contributed by atoms with Crippen molar-refractivity contribution in [3.05, 3.63) is 24.4 Å². The molecule has 0 radical (unpaired) electrons. The smallest absolute Gasteiger partial charge is 0.191 e. The molecule has 0 bridgehead atoms. The van der Waals surface area contributed by atoms with Gasteiger partial charge in [0.15, 0.2) is 11.7 Å². The van der Waals surface area contributed by atoms with Gasteiger partial charge < -0.3 is 9.73 Å². The predicted molar refractivity (Wildman–Crippen MR) is 51.8 cm³/mol. The van der Waals surface area contributed by atoms with Crippen LogP contribution in [0.5, 0.6) is 0 Å². The molecule has 2 rings (SSSR count). The van der Waals surface area contributed by atoms with Gasteiger partial charge >= 0.3 is 0 Å². The molecule has 0 atom stereocenters. The monoisotopic (exact) mass is 190 g/mol. The van der Waals surface area contributed by atoms with Crippen molar-refractivity contribution in [2.75, 3.05) is 12.4 Å². The van der Waals surface area contributed by atoms with Crippen LogP contribution in [0.15, 0.2) is 22.9 Å². The normalized spacial score (nSPS) is 10.1. The molecule has 72 valence electrons. The van der Waals surface area contributed by atoms with Crippen LogP contribution < -0.4 is 5.32 Å². The lowest BCUT2D eigenvalue weighted by Crippen LogP contribution is -1.95. The van der Waals surface area contributed by atoms with Crippen molar-refractivity contribution < 1.29 is 4.42 Å². The van der Waals surface area contributed by atoms with E-state index in [2.05, 4.69) is 20.3 Å². The molecule has 0 saturated heterocycles. The Morgan fingerprint density at radius 1 is 1.36 bits per heavy atom. The second-order valence-corrected chi connectivity index (χ2v) is 2.77. The summed E-state index contributed by atoms with van der Waals surface area (Å²) >= 11 is 0. The Kier molecular flexibility index (Phi) is 2.14. The first kappa shape index (κ1) is 8.68. The minimum atomic E-state index is 0.564. The number of hydrogen-bond donors (Lipinski definition) is 1. The van der Waals surface area contributed by atoms with Crippen LogP contribution >= 0.6 is 0 Å². The lowest BCUT2D eigenvalue weighted by atomic mass is 10.4. The van der Waals surface area contributed by atoms with Crippen LogP contribution in [0.2, 0.25) is 0 Å². The highest BCUT2D eigenvalue weighted by Crippen LogP contribution is 2.14. The Morgan fingerprint density at radius 2 is 2.21 bits per heavy atom. The quantitative estimate of drug-likeness (QED) is 0.777. The molecule has 1 N–H and O–H groups in total. The number of aryl methyl sites for hydroxylation is 1. The number of rotatable bonds is 2. The third kappa shape index (κ3) is 1.56. The summed E-state index contributed by atoms with van der Waals surface area (Å²) in [4.78, 5) is 12.5. The van der Waals surface area contributed by atoms with Crippen molar-refractivity contribution in [1.82, 2.24) is 15.0 Å². The fraction of sp³-hybridized carbons (Fsp3) is 0.222. The van der Waals surface area contributed by atoms with E-state index in [0.29, 0.717) is 17.4 Å². The van der Waals surface area contributed by atoms with Crippen molar-refractivity contribution >= 4 is 5.82 Å². The Balaban J connectivity index is 2.41. The zero-order valence-electron chi connectivity index (χ0n) is 7.98. The fourth-order valence-corrected chi connectivity index (χ4v) is 1.09. The SMILES string of the molecule is CNc1ccnc(-c2coc(C)n2)n1. The number of aromatic nitrogens is 3. The van der Waals surface area contributed by atoms with Crippen molar-refractivity contribution in [2.45, 2.75) is 6.92 Å². The van der Waals surface area contributed by atoms with Crippen LogP contribution in [0, 0.1) is 6.92 Å². The number of nitrogens with one attached hydrogen (secondary N) is 1. The van der Waals surface area contributed by atoms with Crippen molar-refractivity contribution in [2.24, 2.45) is 0 Å². The van der Waals surface area contributed by atoms with E-state index >= 15 is 0 Å². The van der Waals surface area contributed by atoms with Gasteiger partial charge in [0.25, 0.3) is 0 Å². The summed E-state index contributed by atoms with van der Waals surface area (Å²) in [5, 5.41) is 2.93. The molecule has 0 spiro atoms. The largest absolute Gasteiger partial charge is 0.449 e. The molecule has 0 aliphatic carbocycles. The van der Waals surface area contributed by atoms with Crippen LogP contribution in [-0.4, -0.2) is 22.0 Å². The average Bonchev–Trinajstić information content (AvgIpc) is 2.65. The second-order valence-electron chi connectivity index (χ2n) is 2.77. The van der Waals surface area contributed by atoms with Crippen LogP contribution in [0.3, 0.4) is 0 Å². The maximum Gasteiger partial charge on any atom is 0.191 e. The molecule has 0 aliphatic rings. The lowest BCUT2D eigenvalue weighted by Gasteiger charge is -1.98. The molecule has 0 aromatic carbocycles. The molecule has 2 heterocycles. The van der Waals surface area contributed by atoms with Gasteiger partial charge in [-0.2, -0.15) is 0 Å². The van der Waals surface area contributed by atoms with Gasteiger partial charge in [-0.15, -0.1) is 0 Å². The topological polar surface area (TPSA) is 63.8 Å². The molecule has 2 aromatic heterocycles. The van der Waals surface area contributed by atoms with Gasteiger partial charge in [0.1, 0.15) is 17.8 Å². The predicted octanol–water partition coefficient (Wildman–Crippen LogP) is 1.48. The van der Waals surface area contributed by atoms with E-state index in [9.17, 15) is 0 Å². The molecular formula is C9H10N4O. The average molecular weight is 190 g/mol. The van der Waals surface area contributed by atoms with Crippen molar-refractivity contribution in [3.8, 4) is 11.5 Å². The summed E-state index contributed by atoms with van der Waals surface area (Å²) in [6.45, 7) is 1.78. The Labute approximate surface area is 81.2 Å². The first-order chi connectivity index (χ1) is 6.79. The lowest BCUT2D eigenvalue weighted by molar-refractivity contribution is 0.521. The summed E-state index contributed by atoms with van der Waals surface area (Å²) in [7, 11) is 1.81. The molecule has 2 aromatic rings. The number of anilines is 1. The number of hydrogen-bond acceptors (Lipinski definition) is 5. The molecule has 0 fully saturated rings.